The molecule has 0 bridgehead atoms. The molecule has 1 aromatic carbocycles. The van der Waals surface area contributed by atoms with Crippen LogP contribution in [-0.4, -0.2) is 24.4 Å². The molecule has 21 heavy (non-hydrogen) atoms. The number of amides is 2. The van der Waals surface area contributed by atoms with Gasteiger partial charge in [-0.25, -0.2) is 0 Å². The maximum Gasteiger partial charge on any atom is 0.416 e. The molecule has 2 amide bonds. The van der Waals surface area contributed by atoms with E-state index in [1.54, 1.807) is 0 Å². The van der Waals surface area contributed by atoms with Crippen LogP contribution in [0.25, 0.3) is 0 Å². The fourth-order valence-corrected chi connectivity index (χ4v) is 2.20. The number of benzene rings is 1. The first-order valence-electron chi connectivity index (χ1n) is 6.61. The topological polar surface area (TPSA) is 58.2 Å². The summed E-state index contributed by atoms with van der Waals surface area (Å²) in [4.78, 5) is 23.4. The monoisotopic (exact) mass is 300 g/mol. The summed E-state index contributed by atoms with van der Waals surface area (Å²) in [5.41, 5.74) is -0.928. The van der Waals surface area contributed by atoms with E-state index in [0.717, 1.165) is 18.6 Å². The Morgan fingerprint density at radius 1 is 1.33 bits per heavy atom. The van der Waals surface area contributed by atoms with E-state index in [4.69, 9.17) is 0 Å². The van der Waals surface area contributed by atoms with Gasteiger partial charge in [0.05, 0.1) is 5.56 Å². The van der Waals surface area contributed by atoms with Crippen molar-refractivity contribution in [3.8, 4) is 0 Å². The van der Waals surface area contributed by atoms with Gasteiger partial charge in [0, 0.05) is 24.6 Å². The third-order valence-electron chi connectivity index (χ3n) is 3.27. The molecule has 0 spiro atoms. The van der Waals surface area contributed by atoms with Crippen molar-refractivity contribution >= 4 is 11.8 Å². The van der Waals surface area contributed by atoms with Crippen molar-refractivity contribution in [3.63, 3.8) is 0 Å². The van der Waals surface area contributed by atoms with Gasteiger partial charge < -0.3 is 10.6 Å². The molecule has 4 nitrogen and oxygen atoms in total. The quantitative estimate of drug-likeness (QED) is 0.879. The lowest BCUT2D eigenvalue weighted by Gasteiger charge is -2.15. The molecule has 0 unspecified atom stereocenters. The summed E-state index contributed by atoms with van der Waals surface area (Å²) < 4.78 is 37.8. The second kappa shape index (κ2) is 6.15. The number of carbonyl (C=O) groups excluding carboxylic acids is 2. The van der Waals surface area contributed by atoms with Gasteiger partial charge in [-0.15, -0.1) is 0 Å². The summed E-state index contributed by atoms with van der Waals surface area (Å²) in [6.07, 6.45) is -3.01. The predicted molar refractivity (Wildman–Crippen MR) is 69.6 cm³/mol. The zero-order valence-corrected chi connectivity index (χ0v) is 11.2. The summed E-state index contributed by atoms with van der Waals surface area (Å²) in [6.45, 7) is 0.550. The average Bonchev–Trinajstić information content (AvgIpc) is 2.62. The third-order valence-corrected chi connectivity index (χ3v) is 3.27. The van der Waals surface area contributed by atoms with Crippen molar-refractivity contribution in [2.24, 2.45) is 0 Å². The molecule has 0 radical (unpaired) electrons. The number of halogens is 3. The van der Waals surface area contributed by atoms with Crippen molar-refractivity contribution in [2.75, 3.05) is 6.54 Å². The van der Waals surface area contributed by atoms with Crippen LogP contribution >= 0.6 is 0 Å². The van der Waals surface area contributed by atoms with E-state index in [-0.39, 0.29) is 23.9 Å². The van der Waals surface area contributed by atoms with Gasteiger partial charge in [0.2, 0.25) is 5.91 Å². The lowest BCUT2D eigenvalue weighted by Crippen LogP contribution is -2.37. The fourth-order valence-electron chi connectivity index (χ4n) is 2.20. The zero-order valence-electron chi connectivity index (χ0n) is 11.2. The number of carbonyl (C=O) groups is 2. The number of nitrogens with one attached hydrogen (secondary N) is 2. The molecule has 1 aliphatic rings. The second-order valence-corrected chi connectivity index (χ2v) is 4.95. The van der Waals surface area contributed by atoms with E-state index >= 15 is 0 Å². The van der Waals surface area contributed by atoms with Crippen LogP contribution in [0, 0.1) is 0 Å². The summed E-state index contributed by atoms with van der Waals surface area (Å²) in [5.74, 6) is -0.761. The van der Waals surface area contributed by atoms with E-state index in [1.165, 1.54) is 12.1 Å². The molecule has 114 valence electrons. The highest BCUT2D eigenvalue weighted by Crippen LogP contribution is 2.29. The molecule has 2 N–H and O–H groups in total. The van der Waals surface area contributed by atoms with Crippen molar-refractivity contribution in [1.29, 1.82) is 0 Å². The highest BCUT2D eigenvalue weighted by atomic mass is 19.4. The molecule has 1 saturated heterocycles. The summed E-state index contributed by atoms with van der Waals surface area (Å²) in [5, 5.41) is 5.29. The van der Waals surface area contributed by atoms with Crippen LogP contribution in [0.5, 0.6) is 0 Å². The number of hydrogen-bond acceptors (Lipinski definition) is 2. The summed E-state index contributed by atoms with van der Waals surface area (Å²) in [7, 11) is 0. The van der Waals surface area contributed by atoms with Crippen LogP contribution in [0.2, 0.25) is 0 Å². The first-order valence-corrected chi connectivity index (χ1v) is 6.61. The number of rotatable bonds is 2. The second-order valence-electron chi connectivity index (χ2n) is 4.95. The predicted octanol–water partition coefficient (Wildman–Crippen LogP) is 2.10. The zero-order chi connectivity index (χ0) is 15.5. The van der Waals surface area contributed by atoms with Crippen molar-refractivity contribution in [1.82, 2.24) is 10.6 Å². The van der Waals surface area contributed by atoms with Crippen molar-refractivity contribution in [2.45, 2.75) is 31.5 Å². The molecule has 2 rings (SSSR count). The minimum absolute atomic E-state index is 0.0607. The van der Waals surface area contributed by atoms with Gasteiger partial charge in [0.25, 0.3) is 5.91 Å². The van der Waals surface area contributed by atoms with E-state index in [2.05, 4.69) is 10.6 Å². The van der Waals surface area contributed by atoms with Gasteiger partial charge in [-0.05, 0) is 31.0 Å². The Balaban J connectivity index is 2.08. The Labute approximate surface area is 119 Å². The lowest BCUT2D eigenvalue weighted by molar-refractivity contribution is -0.137. The maximum absolute atomic E-state index is 12.6. The van der Waals surface area contributed by atoms with Gasteiger partial charge in [-0.2, -0.15) is 13.2 Å². The highest BCUT2D eigenvalue weighted by Gasteiger charge is 2.31. The Morgan fingerprint density at radius 2 is 2.10 bits per heavy atom. The maximum atomic E-state index is 12.6. The average molecular weight is 300 g/mol. The smallest absolute Gasteiger partial charge is 0.356 e. The van der Waals surface area contributed by atoms with Gasteiger partial charge in [-0.1, -0.05) is 6.07 Å². The highest BCUT2D eigenvalue weighted by molar-refractivity contribution is 5.95. The first-order chi connectivity index (χ1) is 9.86. The van der Waals surface area contributed by atoms with Crippen molar-refractivity contribution in [3.05, 3.63) is 35.4 Å². The Hall–Kier alpha value is -2.05. The molecular weight excluding hydrogens is 285 g/mol. The van der Waals surface area contributed by atoms with Crippen LogP contribution in [0.3, 0.4) is 0 Å². The van der Waals surface area contributed by atoms with Crippen LogP contribution in [-0.2, 0) is 11.0 Å². The molecule has 0 aromatic heterocycles. The number of hydrogen-bond donors (Lipinski definition) is 2. The summed E-state index contributed by atoms with van der Waals surface area (Å²) in [6, 6.07) is 3.88. The van der Waals surface area contributed by atoms with Crippen LogP contribution < -0.4 is 10.6 Å². The minimum atomic E-state index is -4.49. The van der Waals surface area contributed by atoms with Crippen LogP contribution in [0.4, 0.5) is 13.2 Å². The van der Waals surface area contributed by atoms with E-state index in [9.17, 15) is 22.8 Å². The fraction of sp³-hybridized carbons (Fsp3) is 0.429. The standard InChI is InChI=1S/C14H15F3N2O2/c15-14(16,17)10-4-1-3-9(7-10)13(21)19-11-5-2-6-18-12(20)8-11/h1,3-4,7,11H,2,5-6,8H2,(H,18,20)(H,19,21)/t11-/m1/s1. The molecule has 0 saturated carbocycles. The normalized spacial score (nSPS) is 19.6. The molecule has 1 heterocycles. The first kappa shape index (κ1) is 15.3. The third kappa shape index (κ3) is 4.21. The van der Waals surface area contributed by atoms with Crippen LogP contribution in [0.1, 0.15) is 35.2 Å². The Bertz CT molecular complexity index is 543. The molecular formula is C14H15F3N2O2. The Kier molecular flexibility index (Phi) is 4.50. The van der Waals surface area contributed by atoms with Gasteiger partial charge in [0.15, 0.2) is 0 Å². The van der Waals surface area contributed by atoms with Gasteiger partial charge in [-0.3, -0.25) is 9.59 Å². The van der Waals surface area contributed by atoms with E-state index in [1.807, 2.05) is 0 Å². The largest absolute Gasteiger partial charge is 0.416 e. The van der Waals surface area contributed by atoms with Gasteiger partial charge in [0.1, 0.15) is 0 Å². The molecule has 1 atom stereocenters. The van der Waals surface area contributed by atoms with Crippen LogP contribution in [0.15, 0.2) is 24.3 Å². The summed E-state index contributed by atoms with van der Waals surface area (Å²) >= 11 is 0. The molecule has 7 heteroatoms. The van der Waals surface area contributed by atoms with Crippen molar-refractivity contribution < 1.29 is 22.8 Å². The molecule has 0 aliphatic carbocycles. The number of alkyl halides is 3. The molecule has 1 fully saturated rings. The van der Waals surface area contributed by atoms with E-state index in [0.29, 0.717) is 13.0 Å². The SMILES string of the molecule is O=C1C[C@H](NC(=O)c2cccc(C(F)(F)F)c2)CCCN1. The molecule has 1 aliphatic heterocycles. The Morgan fingerprint density at radius 3 is 2.81 bits per heavy atom. The minimum Gasteiger partial charge on any atom is -0.356 e. The lowest BCUT2D eigenvalue weighted by atomic mass is 10.1. The van der Waals surface area contributed by atoms with Gasteiger partial charge >= 0.3 is 6.18 Å². The molecule has 1 aromatic rings. The van der Waals surface area contributed by atoms with E-state index < -0.39 is 17.6 Å².